The number of carbonyl (C=O) groups is 2. The predicted molar refractivity (Wildman–Crippen MR) is 89.4 cm³/mol. The molecule has 0 saturated heterocycles. The molecular formula is C18H17NO6. The molecule has 0 saturated carbocycles. The molecule has 0 atom stereocenters. The van der Waals surface area contributed by atoms with Crippen molar-refractivity contribution >= 4 is 17.6 Å². The van der Waals surface area contributed by atoms with E-state index in [0.29, 0.717) is 22.3 Å². The van der Waals surface area contributed by atoms with Gasteiger partial charge in [-0.1, -0.05) is 0 Å². The molecule has 0 spiro atoms. The Morgan fingerprint density at radius 2 is 1.56 bits per heavy atom. The van der Waals surface area contributed by atoms with Crippen LogP contribution in [-0.4, -0.2) is 23.5 Å². The predicted octanol–water partition coefficient (Wildman–Crippen LogP) is 3.44. The fourth-order valence-corrected chi connectivity index (χ4v) is 2.20. The van der Waals surface area contributed by atoms with Crippen LogP contribution in [-0.2, 0) is 16.1 Å². The monoisotopic (exact) mass is 343 g/mol. The summed E-state index contributed by atoms with van der Waals surface area (Å²) in [6, 6.07) is 10.5. The number of carbonyl (C=O) groups excluding carboxylic acids is 2. The van der Waals surface area contributed by atoms with Crippen molar-refractivity contribution in [3.8, 4) is 0 Å². The summed E-state index contributed by atoms with van der Waals surface area (Å²) in [5.41, 5.74) is 1.82. The zero-order valence-corrected chi connectivity index (χ0v) is 13.9. The van der Waals surface area contributed by atoms with Crippen LogP contribution < -0.4 is 0 Å². The van der Waals surface area contributed by atoms with E-state index in [0.717, 1.165) is 0 Å². The molecule has 130 valence electrons. The summed E-state index contributed by atoms with van der Waals surface area (Å²) < 4.78 is 10.1. The Kier molecular flexibility index (Phi) is 5.84. The molecule has 2 aromatic carbocycles. The number of ether oxygens (including phenoxy) is 2. The third kappa shape index (κ3) is 4.63. The lowest BCUT2D eigenvalue weighted by Crippen LogP contribution is -2.08. The summed E-state index contributed by atoms with van der Waals surface area (Å²) >= 11 is 0. The number of nitro groups is 1. The maximum atomic E-state index is 12.0. The smallest absolute Gasteiger partial charge is 0.338 e. The SMILES string of the molecule is CCOC(=O)c1ccc(C(=O)OCc2ccc([N+](=O)[O-])c(C)c2)cc1. The van der Waals surface area contributed by atoms with Gasteiger partial charge in [-0.15, -0.1) is 0 Å². The Labute approximate surface area is 144 Å². The largest absolute Gasteiger partial charge is 0.462 e. The molecule has 0 aromatic heterocycles. The van der Waals surface area contributed by atoms with E-state index in [1.165, 1.54) is 30.3 Å². The van der Waals surface area contributed by atoms with Crippen molar-refractivity contribution in [3.05, 3.63) is 74.8 Å². The highest BCUT2D eigenvalue weighted by Crippen LogP contribution is 2.19. The number of hydrogen-bond acceptors (Lipinski definition) is 6. The first-order chi connectivity index (χ1) is 11.9. The standard InChI is InChI=1S/C18H17NO6/c1-3-24-17(20)14-5-7-15(8-6-14)18(21)25-11-13-4-9-16(19(22)23)12(2)10-13/h4-10H,3,11H2,1-2H3. The topological polar surface area (TPSA) is 95.7 Å². The highest BCUT2D eigenvalue weighted by atomic mass is 16.6. The molecule has 0 aliphatic heterocycles. The van der Waals surface area contributed by atoms with E-state index in [2.05, 4.69) is 0 Å². The van der Waals surface area contributed by atoms with Gasteiger partial charge in [0, 0.05) is 11.6 Å². The maximum Gasteiger partial charge on any atom is 0.338 e. The number of benzene rings is 2. The Hall–Kier alpha value is -3.22. The molecule has 0 aliphatic rings. The first-order valence-corrected chi connectivity index (χ1v) is 7.60. The van der Waals surface area contributed by atoms with Crippen LogP contribution in [0.15, 0.2) is 42.5 Å². The van der Waals surface area contributed by atoms with Crippen molar-refractivity contribution in [1.29, 1.82) is 0 Å². The van der Waals surface area contributed by atoms with E-state index in [1.54, 1.807) is 26.0 Å². The van der Waals surface area contributed by atoms with E-state index < -0.39 is 16.9 Å². The van der Waals surface area contributed by atoms with Crippen LogP contribution in [0.2, 0.25) is 0 Å². The molecule has 0 heterocycles. The zero-order chi connectivity index (χ0) is 18.4. The van der Waals surface area contributed by atoms with Crippen molar-refractivity contribution < 1.29 is 24.0 Å². The minimum absolute atomic E-state index is 0.00268. The molecule has 0 unspecified atom stereocenters. The summed E-state index contributed by atoms with van der Waals surface area (Å²) in [6.45, 7) is 3.61. The van der Waals surface area contributed by atoms with E-state index in [4.69, 9.17) is 9.47 Å². The quantitative estimate of drug-likeness (QED) is 0.453. The molecule has 2 rings (SSSR count). The van der Waals surface area contributed by atoms with Gasteiger partial charge in [-0.25, -0.2) is 9.59 Å². The molecule has 0 fully saturated rings. The molecular weight excluding hydrogens is 326 g/mol. The normalized spacial score (nSPS) is 10.2. The zero-order valence-electron chi connectivity index (χ0n) is 13.9. The first-order valence-electron chi connectivity index (χ1n) is 7.60. The van der Waals surface area contributed by atoms with Gasteiger partial charge >= 0.3 is 11.9 Å². The lowest BCUT2D eigenvalue weighted by molar-refractivity contribution is -0.385. The second kappa shape index (κ2) is 8.05. The number of esters is 2. The fourth-order valence-electron chi connectivity index (χ4n) is 2.20. The van der Waals surface area contributed by atoms with Gasteiger partial charge in [-0.2, -0.15) is 0 Å². The third-order valence-electron chi connectivity index (χ3n) is 3.46. The van der Waals surface area contributed by atoms with Crippen LogP contribution in [0.5, 0.6) is 0 Å². The second-order valence-electron chi connectivity index (χ2n) is 5.25. The molecule has 0 bridgehead atoms. The number of aryl methyl sites for hydroxylation is 1. The van der Waals surface area contributed by atoms with Crippen molar-refractivity contribution in [2.75, 3.05) is 6.61 Å². The van der Waals surface area contributed by atoms with Crippen LogP contribution in [0, 0.1) is 17.0 Å². The van der Waals surface area contributed by atoms with E-state index in [9.17, 15) is 19.7 Å². The van der Waals surface area contributed by atoms with Gasteiger partial charge < -0.3 is 9.47 Å². The summed E-state index contributed by atoms with van der Waals surface area (Å²) in [4.78, 5) is 33.9. The van der Waals surface area contributed by atoms with Crippen LogP contribution in [0.3, 0.4) is 0 Å². The highest BCUT2D eigenvalue weighted by molar-refractivity contribution is 5.93. The molecule has 0 N–H and O–H groups in total. The molecule has 7 heteroatoms. The van der Waals surface area contributed by atoms with Gasteiger partial charge in [-0.05, 0) is 55.8 Å². The average Bonchev–Trinajstić information content (AvgIpc) is 2.59. The van der Waals surface area contributed by atoms with Crippen molar-refractivity contribution in [2.24, 2.45) is 0 Å². The van der Waals surface area contributed by atoms with Crippen molar-refractivity contribution in [2.45, 2.75) is 20.5 Å². The minimum atomic E-state index is -0.550. The summed E-state index contributed by atoms with van der Waals surface area (Å²) in [6.07, 6.45) is 0. The van der Waals surface area contributed by atoms with E-state index in [1.807, 2.05) is 0 Å². The van der Waals surface area contributed by atoms with Crippen molar-refractivity contribution in [3.63, 3.8) is 0 Å². The van der Waals surface area contributed by atoms with Crippen LogP contribution >= 0.6 is 0 Å². The Balaban J connectivity index is 1.99. The summed E-state index contributed by atoms with van der Waals surface area (Å²) in [5.74, 6) is -1.00. The Bertz CT molecular complexity index is 798. The number of nitrogens with zero attached hydrogens (tertiary/aromatic N) is 1. The lowest BCUT2D eigenvalue weighted by Gasteiger charge is -2.07. The molecule has 7 nitrogen and oxygen atoms in total. The number of rotatable bonds is 6. The Morgan fingerprint density at radius 1 is 1.00 bits per heavy atom. The van der Waals surface area contributed by atoms with E-state index >= 15 is 0 Å². The first kappa shape index (κ1) is 18.1. The van der Waals surface area contributed by atoms with Gasteiger partial charge in [0.25, 0.3) is 5.69 Å². The van der Waals surface area contributed by atoms with Crippen LogP contribution in [0.1, 0.15) is 38.8 Å². The molecule has 0 aliphatic carbocycles. The fraction of sp³-hybridized carbons (Fsp3) is 0.222. The third-order valence-corrected chi connectivity index (χ3v) is 3.46. The molecule has 2 aromatic rings. The Morgan fingerprint density at radius 3 is 2.04 bits per heavy atom. The molecule has 25 heavy (non-hydrogen) atoms. The van der Waals surface area contributed by atoms with Crippen LogP contribution in [0.4, 0.5) is 5.69 Å². The van der Waals surface area contributed by atoms with Gasteiger partial charge in [0.05, 0.1) is 22.7 Å². The van der Waals surface area contributed by atoms with Crippen LogP contribution in [0.25, 0.3) is 0 Å². The average molecular weight is 343 g/mol. The summed E-state index contributed by atoms with van der Waals surface area (Å²) in [5, 5.41) is 10.8. The number of hydrogen-bond donors (Lipinski definition) is 0. The highest BCUT2D eigenvalue weighted by Gasteiger charge is 2.13. The minimum Gasteiger partial charge on any atom is -0.462 e. The lowest BCUT2D eigenvalue weighted by atomic mass is 10.1. The van der Waals surface area contributed by atoms with Gasteiger partial charge in [-0.3, -0.25) is 10.1 Å². The van der Waals surface area contributed by atoms with Gasteiger partial charge in [0.2, 0.25) is 0 Å². The van der Waals surface area contributed by atoms with Gasteiger partial charge in [0.15, 0.2) is 0 Å². The second-order valence-corrected chi connectivity index (χ2v) is 5.25. The summed E-state index contributed by atoms with van der Waals surface area (Å²) in [7, 11) is 0. The number of nitro benzene ring substituents is 1. The molecule has 0 radical (unpaired) electrons. The van der Waals surface area contributed by atoms with Crippen molar-refractivity contribution in [1.82, 2.24) is 0 Å². The van der Waals surface area contributed by atoms with Gasteiger partial charge in [0.1, 0.15) is 6.61 Å². The maximum absolute atomic E-state index is 12.0. The van der Waals surface area contributed by atoms with E-state index in [-0.39, 0.29) is 18.9 Å². The molecule has 0 amide bonds.